The summed E-state index contributed by atoms with van der Waals surface area (Å²) in [7, 11) is -2.88. The highest BCUT2D eigenvalue weighted by molar-refractivity contribution is 7.91. The second-order valence-corrected chi connectivity index (χ2v) is 7.71. The Morgan fingerprint density at radius 3 is 2.33 bits per heavy atom. The molecule has 0 bridgehead atoms. The molecule has 18 heavy (non-hydrogen) atoms. The van der Waals surface area contributed by atoms with Gasteiger partial charge in [0.1, 0.15) is 0 Å². The molecule has 1 N–H and O–H groups in total. The summed E-state index contributed by atoms with van der Waals surface area (Å²) in [5.74, 6) is 0.877. The third kappa shape index (κ3) is 9.89. The number of unbranched alkanes of at least 4 members (excludes halogenated alkanes) is 2. The van der Waals surface area contributed by atoms with Crippen molar-refractivity contribution in [3.05, 3.63) is 0 Å². The van der Waals surface area contributed by atoms with E-state index in [0.29, 0.717) is 18.3 Å². The molecular formula is C14H31NO2S. The summed E-state index contributed by atoms with van der Waals surface area (Å²) in [6.45, 7) is 8.95. The highest BCUT2D eigenvalue weighted by atomic mass is 32.2. The van der Waals surface area contributed by atoms with E-state index in [2.05, 4.69) is 19.2 Å². The Morgan fingerprint density at radius 1 is 1.11 bits per heavy atom. The molecule has 3 nitrogen and oxygen atoms in total. The van der Waals surface area contributed by atoms with Gasteiger partial charge in [0, 0.05) is 12.6 Å². The van der Waals surface area contributed by atoms with Crippen molar-refractivity contribution >= 4 is 9.84 Å². The first-order valence-corrected chi connectivity index (χ1v) is 9.17. The summed E-state index contributed by atoms with van der Waals surface area (Å²) < 4.78 is 23.6. The van der Waals surface area contributed by atoms with Gasteiger partial charge in [0.05, 0.1) is 11.5 Å². The summed E-state index contributed by atoms with van der Waals surface area (Å²) in [6.07, 6.45) is 5.79. The van der Waals surface area contributed by atoms with Gasteiger partial charge in [0.15, 0.2) is 9.84 Å². The van der Waals surface area contributed by atoms with Crippen molar-refractivity contribution in [3.8, 4) is 0 Å². The first kappa shape index (κ1) is 17.9. The summed E-state index contributed by atoms with van der Waals surface area (Å²) in [6, 6.07) is 0.426. The number of sulfone groups is 1. The molecule has 2 unspecified atom stereocenters. The van der Waals surface area contributed by atoms with Crippen LogP contribution in [0, 0.1) is 5.92 Å². The molecule has 0 aliphatic rings. The van der Waals surface area contributed by atoms with E-state index in [1.165, 1.54) is 19.3 Å². The molecule has 0 heterocycles. The SMILES string of the molecule is CCCCCC(C)NCCS(=O)(=O)CC(C)CC. The summed E-state index contributed by atoms with van der Waals surface area (Å²) in [5.41, 5.74) is 0. The van der Waals surface area contributed by atoms with Crippen molar-refractivity contribution in [1.29, 1.82) is 0 Å². The van der Waals surface area contributed by atoms with Gasteiger partial charge in [-0.05, 0) is 19.3 Å². The van der Waals surface area contributed by atoms with E-state index < -0.39 is 9.84 Å². The third-order valence-corrected chi connectivity index (χ3v) is 5.28. The molecule has 4 heteroatoms. The van der Waals surface area contributed by atoms with Gasteiger partial charge in [-0.1, -0.05) is 46.5 Å². The maximum atomic E-state index is 11.8. The van der Waals surface area contributed by atoms with E-state index in [0.717, 1.165) is 12.8 Å². The highest BCUT2D eigenvalue weighted by Gasteiger charge is 2.14. The van der Waals surface area contributed by atoms with Crippen LogP contribution in [0.3, 0.4) is 0 Å². The summed E-state index contributed by atoms with van der Waals surface area (Å²) in [5, 5.41) is 3.31. The molecule has 0 rings (SSSR count). The van der Waals surface area contributed by atoms with Crippen LogP contribution in [0.2, 0.25) is 0 Å². The normalized spacial score (nSPS) is 15.6. The van der Waals surface area contributed by atoms with Crippen LogP contribution < -0.4 is 5.32 Å². The standard InChI is InChI=1S/C14H31NO2S/c1-5-7-8-9-14(4)15-10-11-18(16,17)12-13(3)6-2/h13-15H,5-12H2,1-4H3. The first-order chi connectivity index (χ1) is 8.41. The lowest BCUT2D eigenvalue weighted by Crippen LogP contribution is -2.32. The molecular weight excluding hydrogens is 246 g/mol. The van der Waals surface area contributed by atoms with Crippen LogP contribution in [0.15, 0.2) is 0 Å². The van der Waals surface area contributed by atoms with Crippen LogP contribution in [0.5, 0.6) is 0 Å². The molecule has 0 aromatic heterocycles. The Hall–Kier alpha value is -0.0900. The quantitative estimate of drug-likeness (QED) is 0.591. The molecule has 0 aromatic carbocycles. The lowest BCUT2D eigenvalue weighted by molar-refractivity contribution is 0.497. The Bertz CT molecular complexity index is 288. The second-order valence-electron chi connectivity index (χ2n) is 5.48. The Balaban J connectivity index is 3.75. The van der Waals surface area contributed by atoms with Crippen molar-refractivity contribution in [2.75, 3.05) is 18.1 Å². The van der Waals surface area contributed by atoms with Crippen molar-refractivity contribution in [2.24, 2.45) is 5.92 Å². The zero-order chi connectivity index (χ0) is 14.0. The van der Waals surface area contributed by atoms with Gasteiger partial charge in [-0.3, -0.25) is 0 Å². The molecule has 0 aliphatic heterocycles. The topological polar surface area (TPSA) is 46.2 Å². The monoisotopic (exact) mass is 277 g/mol. The average Bonchev–Trinajstić information content (AvgIpc) is 2.28. The predicted molar refractivity (Wildman–Crippen MR) is 79.7 cm³/mol. The maximum Gasteiger partial charge on any atom is 0.151 e. The minimum atomic E-state index is -2.88. The largest absolute Gasteiger partial charge is 0.313 e. The smallest absolute Gasteiger partial charge is 0.151 e. The van der Waals surface area contributed by atoms with E-state index in [1.54, 1.807) is 0 Å². The minimum Gasteiger partial charge on any atom is -0.313 e. The number of rotatable bonds is 11. The second kappa shape index (κ2) is 9.79. The average molecular weight is 277 g/mol. The van der Waals surface area contributed by atoms with Gasteiger partial charge >= 0.3 is 0 Å². The van der Waals surface area contributed by atoms with Crippen molar-refractivity contribution in [2.45, 2.75) is 65.8 Å². The zero-order valence-corrected chi connectivity index (χ0v) is 13.4. The number of hydrogen-bond donors (Lipinski definition) is 1. The Kier molecular flexibility index (Phi) is 9.74. The molecule has 0 spiro atoms. The fourth-order valence-electron chi connectivity index (χ4n) is 1.90. The van der Waals surface area contributed by atoms with E-state index in [4.69, 9.17) is 0 Å². The molecule has 110 valence electrons. The van der Waals surface area contributed by atoms with Gasteiger partial charge in [-0.25, -0.2) is 8.42 Å². The van der Waals surface area contributed by atoms with Gasteiger partial charge in [0.2, 0.25) is 0 Å². The van der Waals surface area contributed by atoms with Crippen molar-refractivity contribution < 1.29 is 8.42 Å². The number of nitrogens with one attached hydrogen (secondary N) is 1. The molecule has 0 amide bonds. The molecule has 0 radical (unpaired) electrons. The molecule has 0 saturated carbocycles. The van der Waals surface area contributed by atoms with Gasteiger partial charge in [-0.2, -0.15) is 0 Å². The molecule has 0 fully saturated rings. The lowest BCUT2D eigenvalue weighted by Gasteiger charge is -2.14. The number of hydrogen-bond acceptors (Lipinski definition) is 3. The summed E-state index contributed by atoms with van der Waals surface area (Å²) in [4.78, 5) is 0. The van der Waals surface area contributed by atoms with Crippen LogP contribution in [-0.4, -0.2) is 32.5 Å². The van der Waals surface area contributed by atoms with Crippen LogP contribution >= 0.6 is 0 Å². The van der Waals surface area contributed by atoms with Crippen LogP contribution in [0.1, 0.15) is 59.8 Å². The van der Waals surface area contributed by atoms with Gasteiger partial charge < -0.3 is 5.32 Å². The van der Waals surface area contributed by atoms with Crippen LogP contribution in [0.25, 0.3) is 0 Å². The molecule has 0 aliphatic carbocycles. The van der Waals surface area contributed by atoms with Crippen LogP contribution in [0.4, 0.5) is 0 Å². The van der Waals surface area contributed by atoms with Gasteiger partial charge in [0.25, 0.3) is 0 Å². The van der Waals surface area contributed by atoms with E-state index in [-0.39, 0.29) is 11.7 Å². The van der Waals surface area contributed by atoms with E-state index in [9.17, 15) is 8.42 Å². The van der Waals surface area contributed by atoms with E-state index >= 15 is 0 Å². The highest BCUT2D eigenvalue weighted by Crippen LogP contribution is 2.06. The Labute approximate surface area is 114 Å². The molecule has 0 aromatic rings. The van der Waals surface area contributed by atoms with E-state index in [1.807, 2.05) is 13.8 Å². The minimum absolute atomic E-state index is 0.273. The Morgan fingerprint density at radius 2 is 1.78 bits per heavy atom. The fourth-order valence-corrected chi connectivity index (χ4v) is 3.60. The first-order valence-electron chi connectivity index (χ1n) is 7.35. The lowest BCUT2D eigenvalue weighted by atomic mass is 10.1. The van der Waals surface area contributed by atoms with Crippen molar-refractivity contribution in [1.82, 2.24) is 5.32 Å². The molecule has 2 atom stereocenters. The van der Waals surface area contributed by atoms with Crippen LogP contribution in [-0.2, 0) is 9.84 Å². The molecule has 0 saturated heterocycles. The maximum absolute atomic E-state index is 11.8. The third-order valence-electron chi connectivity index (χ3n) is 3.38. The predicted octanol–water partition coefficient (Wildman–Crippen LogP) is 3.01. The fraction of sp³-hybridized carbons (Fsp3) is 1.00. The van der Waals surface area contributed by atoms with Crippen molar-refractivity contribution in [3.63, 3.8) is 0 Å². The van der Waals surface area contributed by atoms with Gasteiger partial charge in [-0.15, -0.1) is 0 Å². The zero-order valence-electron chi connectivity index (χ0n) is 12.5. The summed E-state index contributed by atoms with van der Waals surface area (Å²) >= 11 is 0.